The van der Waals surface area contributed by atoms with Gasteiger partial charge in [-0.1, -0.05) is 0 Å². The van der Waals surface area contributed by atoms with E-state index in [1.54, 1.807) is 18.3 Å². The van der Waals surface area contributed by atoms with E-state index in [0.29, 0.717) is 24.0 Å². The number of nitrogens with zero attached hydrogens (tertiary/aromatic N) is 4. The molecule has 2 fully saturated rings. The first kappa shape index (κ1) is 18.0. The molecule has 0 radical (unpaired) electrons. The van der Waals surface area contributed by atoms with Gasteiger partial charge in [-0.25, -0.2) is 9.97 Å². The molecule has 1 atom stereocenters. The molecular weight excluding hydrogens is 344 g/mol. The Morgan fingerprint density at radius 2 is 2.11 bits per heavy atom. The molecule has 1 unspecified atom stereocenters. The quantitative estimate of drug-likeness (QED) is 0.806. The van der Waals surface area contributed by atoms with Crippen LogP contribution in [0.2, 0.25) is 0 Å². The van der Waals surface area contributed by atoms with Gasteiger partial charge in [0.05, 0.1) is 13.2 Å². The van der Waals surface area contributed by atoms with Crippen molar-refractivity contribution in [1.82, 2.24) is 19.4 Å². The van der Waals surface area contributed by atoms with Gasteiger partial charge in [-0.2, -0.15) is 0 Å². The summed E-state index contributed by atoms with van der Waals surface area (Å²) in [4.78, 5) is 23.5. The fourth-order valence-corrected chi connectivity index (χ4v) is 3.76. The van der Waals surface area contributed by atoms with Gasteiger partial charge in [0.2, 0.25) is 5.88 Å². The van der Waals surface area contributed by atoms with Crippen LogP contribution in [0.3, 0.4) is 0 Å². The molecule has 144 valence electrons. The SMILES string of the molecule is Cn1ccnc1CC1CCN(C(=O)c2ccnc(OC3CCOC3)c2)CC1. The number of carbonyl (C=O) groups is 1. The van der Waals surface area contributed by atoms with Gasteiger partial charge >= 0.3 is 0 Å². The Bertz CT molecular complexity index is 777. The van der Waals surface area contributed by atoms with Gasteiger partial charge in [-0.05, 0) is 24.8 Å². The molecule has 7 nitrogen and oxygen atoms in total. The van der Waals surface area contributed by atoms with Crippen molar-refractivity contribution in [3.8, 4) is 5.88 Å². The minimum atomic E-state index is 0.0321. The van der Waals surface area contributed by atoms with Crippen molar-refractivity contribution < 1.29 is 14.3 Å². The number of ether oxygens (including phenoxy) is 2. The molecule has 2 saturated heterocycles. The molecule has 4 heterocycles. The molecule has 0 spiro atoms. The van der Waals surface area contributed by atoms with E-state index in [2.05, 4.69) is 14.5 Å². The molecule has 0 saturated carbocycles. The summed E-state index contributed by atoms with van der Waals surface area (Å²) in [5.74, 6) is 2.25. The zero-order chi connectivity index (χ0) is 18.6. The Morgan fingerprint density at radius 1 is 1.26 bits per heavy atom. The normalized spacial score (nSPS) is 20.8. The second kappa shape index (κ2) is 8.08. The fraction of sp³-hybridized carbons (Fsp3) is 0.550. The van der Waals surface area contributed by atoms with Gasteiger partial charge in [0, 0.05) is 63.2 Å². The average molecular weight is 370 g/mol. The molecule has 0 bridgehead atoms. The molecule has 2 aromatic heterocycles. The molecule has 7 heteroatoms. The van der Waals surface area contributed by atoms with Gasteiger partial charge in [0.1, 0.15) is 11.9 Å². The monoisotopic (exact) mass is 370 g/mol. The Balaban J connectivity index is 1.33. The predicted molar refractivity (Wildman–Crippen MR) is 99.6 cm³/mol. The molecule has 2 aliphatic rings. The molecule has 1 amide bonds. The minimum absolute atomic E-state index is 0.0321. The summed E-state index contributed by atoms with van der Waals surface area (Å²) >= 11 is 0. The maximum atomic E-state index is 12.9. The number of hydrogen-bond donors (Lipinski definition) is 0. The molecular formula is C20H26N4O3. The summed E-state index contributed by atoms with van der Waals surface area (Å²) in [5.41, 5.74) is 0.640. The number of hydrogen-bond acceptors (Lipinski definition) is 5. The lowest BCUT2D eigenvalue weighted by molar-refractivity contribution is 0.0688. The highest BCUT2D eigenvalue weighted by atomic mass is 16.5. The third-order valence-corrected chi connectivity index (χ3v) is 5.45. The summed E-state index contributed by atoms with van der Waals surface area (Å²) in [6, 6.07) is 3.51. The summed E-state index contributed by atoms with van der Waals surface area (Å²) in [6.45, 7) is 2.87. The molecule has 0 aromatic carbocycles. The summed E-state index contributed by atoms with van der Waals surface area (Å²) in [7, 11) is 2.03. The van der Waals surface area contributed by atoms with Crippen LogP contribution in [0.1, 0.15) is 35.4 Å². The second-order valence-corrected chi connectivity index (χ2v) is 7.38. The first-order valence-corrected chi connectivity index (χ1v) is 9.65. The Hall–Kier alpha value is -2.41. The van der Waals surface area contributed by atoms with E-state index in [4.69, 9.17) is 9.47 Å². The summed E-state index contributed by atoms with van der Waals surface area (Å²) < 4.78 is 13.2. The molecule has 0 N–H and O–H groups in total. The largest absolute Gasteiger partial charge is 0.472 e. The number of pyridine rings is 1. The van der Waals surface area contributed by atoms with Crippen LogP contribution in [0.4, 0.5) is 0 Å². The Kier molecular flexibility index (Phi) is 5.38. The standard InChI is InChI=1S/C20H26N4O3/c1-23-10-7-21-18(23)12-15-3-8-24(9-4-15)20(25)16-2-6-22-19(13-16)27-17-5-11-26-14-17/h2,6-7,10,13,15,17H,3-5,8-9,11-12,14H2,1H3. The van der Waals surface area contributed by atoms with Gasteiger partial charge in [-0.3, -0.25) is 4.79 Å². The number of likely N-dealkylation sites (tertiary alicyclic amines) is 1. The number of imidazole rings is 1. The van der Waals surface area contributed by atoms with Crippen LogP contribution >= 0.6 is 0 Å². The second-order valence-electron chi connectivity index (χ2n) is 7.38. The lowest BCUT2D eigenvalue weighted by Crippen LogP contribution is -2.39. The van der Waals surface area contributed by atoms with E-state index in [-0.39, 0.29) is 12.0 Å². The molecule has 2 aromatic rings. The number of piperidine rings is 1. The first-order valence-electron chi connectivity index (χ1n) is 9.65. The zero-order valence-corrected chi connectivity index (χ0v) is 15.7. The van der Waals surface area contributed by atoms with E-state index in [1.165, 1.54) is 0 Å². The van der Waals surface area contributed by atoms with Crippen molar-refractivity contribution in [1.29, 1.82) is 0 Å². The lowest BCUT2D eigenvalue weighted by atomic mass is 9.93. The van der Waals surface area contributed by atoms with Crippen LogP contribution in [0.15, 0.2) is 30.7 Å². The highest BCUT2D eigenvalue weighted by molar-refractivity contribution is 5.94. The van der Waals surface area contributed by atoms with Crippen LogP contribution in [0.25, 0.3) is 0 Å². The molecule has 0 aliphatic carbocycles. The first-order chi connectivity index (χ1) is 13.2. The van der Waals surface area contributed by atoms with Crippen LogP contribution in [-0.2, 0) is 18.2 Å². The van der Waals surface area contributed by atoms with Crippen molar-refractivity contribution in [3.63, 3.8) is 0 Å². The van der Waals surface area contributed by atoms with Crippen molar-refractivity contribution >= 4 is 5.91 Å². The summed E-state index contributed by atoms with van der Waals surface area (Å²) in [5, 5.41) is 0. The van der Waals surface area contributed by atoms with E-state index < -0.39 is 0 Å². The highest BCUT2D eigenvalue weighted by Crippen LogP contribution is 2.23. The maximum Gasteiger partial charge on any atom is 0.254 e. The van der Waals surface area contributed by atoms with E-state index in [0.717, 1.165) is 51.2 Å². The van der Waals surface area contributed by atoms with Crippen LogP contribution in [-0.4, -0.2) is 57.7 Å². The van der Waals surface area contributed by atoms with Crippen LogP contribution in [0, 0.1) is 5.92 Å². The number of amides is 1. The smallest absolute Gasteiger partial charge is 0.254 e. The highest BCUT2D eigenvalue weighted by Gasteiger charge is 2.25. The molecule has 4 rings (SSSR count). The van der Waals surface area contributed by atoms with Gasteiger partial charge in [-0.15, -0.1) is 0 Å². The van der Waals surface area contributed by atoms with Crippen molar-refractivity contribution in [2.24, 2.45) is 13.0 Å². The molecule has 27 heavy (non-hydrogen) atoms. The minimum Gasteiger partial charge on any atom is -0.472 e. The third kappa shape index (κ3) is 4.30. The number of aryl methyl sites for hydroxylation is 1. The predicted octanol–water partition coefficient (Wildman–Crippen LogP) is 2.08. The van der Waals surface area contributed by atoms with E-state index in [1.807, 2.05) is 24.3 Å². The lowest BCUT2D eigenvalue weighted by Gasteiger charge is -2.32. The van der Waals surface area contributed by atoms with Gasteiger partial charge < -0.3 is 18.9 Å². The Labute approximate surface area is 159 Å². The third-order valence-electron chi connectivity index (χ3n) is 5.45. The fourth-order valence-electron chi connectivity index (χ4n) is 3.76. The van der Waals surface area contributed by atoms with Gasteiger partial charge in [0.15, 0.2) is 0 Å². The van der Waals surface area contributed by atoms with Crippen LogP contribution in [0.5, 0.6) is 5.88 Å². The summed E-state index contributed by atoms with van der Waals surface area (Å²) in [6.07, 6.45) is 9.35. The average Bonchev–Trinajstić information content (AvgIpc) is 3.34. The topological polar surface area (TPSA) is 69.5 Å². The van der Waals surface area contributed by atoms with E-state index in [9.17, 15) is 4.79 Å². The zero-order valence-electron chi connectivity index (χ0n) is 15.7. The number of aromatic nitrogens is 3. The van der Waals surface area contributed by atoms with Gasteiger partial charge in [0.25, 0.3) is 5.91 Å². The Morgan fingerprint density at radius 3 is 2.81 bits per heavy atom. The van der Waals surface area contributed by atoms with Crippen molar-refractivity contribution in [2.45, 2.75) is 31.8 Å². The maximum absolute atomic E-state index is 12.9. The van der Waals surface area contributed by atoms with E-state index >= 15 is 0 Å². The molecule has 2 aliphatic heterocycles. The van der Waals surface area contributed by atoms with Crippen molar-refractivity contribution in [3.05, 3.63) is 42.1 Å². The van der Waals surface area contributed by atoms with Crippen molar-refractivity contribution in [2.75, 3.05) is 26.3 Å². The number of carbonyl (C=O) groups excluding carboxylic acids is 1. The van der Waals surface area contributed by atoms with Crippen LogP contribution < -0.4 is 4.74 Å². The number of rotatable bonds is 5.